The Morgan fingerprint density at radius 3 is 3.23 bits per heavy atom. The monoisotopic (exact) mass is 176 g/mol. The van der Waals surface area contributed by atoms with Crippen LogP contribution in [0.5, 0.6) is 0 Å². The standard InChI is InChI=1S/C8H8N4O/c1-2-8(13)11-3-4-12-7(5-11)9-6-10-12/h1,6H,3-5H2. The molecular formula is C8H8N4O. The summed E-state index contributed by atoms with van der Waals surface area (Å²) in [7, 11) is 0. The Labute approximate surface area is 75.4 Å². The van der Waals surface area contributed by atoms with Crippen LogP contribution in [-0.2, 0) is 17.9 Å². The first-order valence-corrected chi connectivity index (χ1v) is 3.93. The van der Waals surface area contributed by atoms with E-state index in [1.165, 1.54) is 6.33 Å². The molecule has 0 saturated heterocycles. The molecule has 0 spiro atoms. The summed E-state index contributed by atoms with van der Waals surface area (Å²) >= 11 is 0. The van der Waals surface area contributed by atoms with E-state index < -0.39 is 0 Å². The third-order valence-corrected chi connectivity index (χ3v) is 2.02. The molecule has 0 aliphatic carbocycles. The normalized spacial score (nSPS) is 14.8. The molecule has 2 heterocycles. The Morgan fingerprint density at radius 1 is 1.62 bits per heavy atom. The summed E-state index contributed by atoms with van der Waals surface area (Å²) in [5.74, 6) is 2.59. The van der Waals surface area contributed by atoms with Gasteiger partial charge in [0.05, 0.1) is 13.1 Å². The molecule has 66 valence electrons. The molecule has 0 atom stereocenters. The summed E-state index contributed by atoms with van der Waals surface area (Å²) in [4.78, 5) is 16.7. The number of nitrogens with zero attached hydrogens (tertiary/aromatic N) is 4. The van der Waals surface area contributed by atoms with E-state index >= 15 is 0 Å². The van der Waals surface area contributed by atoms with Crippen LogP contribution in [0.25, 0.3) is 0 Å². The van der Waals surface area contributed by atoms with Gasteiger partial charge in [0, 0.05) is 6.54 Å². The minimum atomic E-state index is -0.283. The van der Waals surface area contributed by atoms with Crippen LogP contribution in [0.3, 0.4) is 0 Å². The van der Waals surface area contributed by atoms with Gasteiger partial charge in [-0.2, -0.15) is 5.10 Å². The van der Waals surface area contributed by atoms with Crippen molar-refractivity contribution in [2.75, 3.05) is 6.54 Å². The molecule has 0 radical (unpaired) electrons. The molecule has 1 aromatic heterocycles. The van der Waals surface area contributed by atoms with E-state index in [1.54, 1.807) is 9.58 Å². The number of fused-ring (bicyclic) bond motifs is 1. The summed E-state index contributed by atoms with van der Waals surface area (Å²) < 4.78 is 1.78. The lowest BCUT2D eigenvalue weighted by Gasteiger charge is -2.24. The second-order valence-electron chi connectivity index (χ2n) is 2.77. The van der Waals surface area contributed by atoms with Crippen LogP contribution in [-0.4, -0.2) is 32.1 Å². The average Bonchev–Trinajstić information content (AvgIpc) is 2.63. The van der Waals surface area contributed by atoms with Crippen molar-refractivity contribution < 1.29 is 4.79 Å². The summed E-state index contributed by atoms with van der Waals surface area (Å²) in [5, 5.41) is 3.99. The van der Waals surface area contributed by atoms with Crippen molar-refractivity contribution in [3.63, 3.8) is 0 Å². The van der Waals surface area contributed by atoms with Crippen molar-refractivity contribution in [1.82, 2.24) is 19.7 Å². The van der Waals surface area contributed by atoms with Crippen LogP contribution in [0.2, 0.25) is 0 Å². The number of rotatable bonds is 0. The average molecular weight is 176 g/mol. The molecular weight excluding hydrogens is 168 g/mol. The summed E-state index contributed by atoms with van der Waals surface area (Å²) in [6.45, 7) is 1.74. The largest absolute Gasteiger partial charge is 0.323 e. The minimum absolute atomic E-state index is 0.283. The maximum absolute atomic E-state index is 11.1. The molecule has 5 heteroatoms. The number of hydrogen-bond donors (Lipinski definition) is 0. The molecule has 1 amide bonds. The molecule has 5 nitrogen and oxygen atoms in total. The Hall–Kier alpha value is -1.83. The predicted molar refractivity (Wildman–Crippen MR) is 44.3 cm³/mol. The zero-order chi connectivity index (χ0) is 9.26. The van der Waals surface area contributed by atoms with Gasteiger partial charge >= 0.3 is 0 Å². The number of carbonyl (C=O) groups excluding carboxylic acids is 1. The van der Waals surface area contributed by atoms with Crippen LogP contribution in [0.4, 0.5) is 0 Å². The molecule has 0 unspecified atom stereocenters. The molecule has 0 bridgehead atoms. The van der Waals surface area contributed by atoms with Gasteiger partial charge < -0.3 is 4.90 Å². The molecule has 1 aromatic rings. The molecule has 0 N–H and O–H groups in total. The fourth-order valence-electron chi connectivity index (χ4n) is 1.33. The zero-order valence-corrected chi connectivity index (χ0v) is 6.97. The van der Waals surface area contributed by atoms with E-state index in [-0.39, 0.29) is 5.91 Å². The number of amides is 1. The lowest BCUT2D eigenvalue weighted by atomic mass is 10.3. The van der Waals surface area contributed by atoms with Gasteiger partial charge in [0.25, 0.3) is 5.91 Å². The molecule has 13 heavy (non-hydrogen) atoms. The number of carbonyl (C=O) groups is 1. The molecule has 0 aromatic carbocycles. The summed E-state index contributed by atoms with van der Waals surface area (Å²) in [5.41, 5.74) is 0. The number of hydrogen-bond acceptors (Lipinski definition) is 3. The predicted octanol–water partition coefficient (Wildman–Crippen LogP) is -0.747. The lowest BCUT2D eigenvalue weighted by molar-refractivity contribution is -0.126. The third kappa shape index (κ3) is 1.26. The van der Waals surface area contributed by atoms with E-state index in [1.807, 2.05) is 0 Å². The molecule has 1 aliphatic heterocycles. The summed E-state index contributed by atoms with van der Waals surface area (Å²) in [6.07, 6.45) is 6.50. The Balaban J connectivity index is 2.18. The van der Waals surface area contributed by atoms with Crippen molar-refractivity contribution >= 4 is 5.91 Å². The van der Waals surface area contributed by atoms with E-state index in [0.717, 1.165) is 5.82 Å². The second kappa shape index (κ2) is 2.90. The first kappa shape index (κ1) is 7.80. The van der Waals surface area contributed by atoms with Crippen LogP contribution < -0.4 is 0 Å². The number of terminal acetylenes is 1. The third-order valence-electron chi connectivity index (χ3n) is 2.02. The van der Waals surface area contributed by atoms with E-state index in [9.17, 15) is 4.79 Å². The first-order valence-electron chi connectivity index (χ1n) is 3.93. The number of aromatic nitrogens is 3. The Bertz CT molecular complexity index is 376. The van der Waals surface area contributed by atoms with Crippen LogP contribution >= 0.6 is 0 Å². The molecule has 2 rings (SSSR count). The minimum Gasteiger partial charge on any atom is -0.323 e. The van der Waals surface area contributed by atoms with Gasteiger partial charge in [0.2, 0.25) is 0 Å². The van der Waals surface area contributed by atoms with Gasteiger partial charge in [0.1, 0.15) is 12.2 Å². The first-order chi connectivity index (χ1) is 6.31. The van der Waals surface area contributed by atoms with E-state index in [2.05, 4.69) is 16.0 Å². The summed E-state index contributed by atoms with van der Waals surface area (Å²) in [6, 6.07) is 0. The maximum Gasteiger partial charge on any atom is 0.298 e. The van der Waals surface area contributed by atoms with Crippen molar-refractivity contribution in [2.24, 2.45) is 0 Å². The highest BCUT2D eigenvalue weighted by Gasteiger charge is 2.20. The second-order valence-corrected chi connectivity index (χ2v) is 2.77. The SMILES string of the molecule is C#CC(=O)N1CCn2ncnc2C1. The Morgan fingerprint density at radius 2 is 2.46 bits per heavy atom. The quantitative estimate of drug-likeness (QED) is 0.489. The maximum atomic E-state index is 11.1. The highest BCUT2D eigenvalue weighted by molar-refractivity contribution is 5.92. The van der Waals surface area contributed by atoms with E-state index in [4.69, 9.17) is 6.42 Å². The van der Waals surface area contributed by atoms with Crippen LogP contribution in [0.15, 0.2) is 6.33 Å². The van der Waals surface area contributed by atoms with Gasteiger partial charge in [0.15, 0.2) is 0 Å². The van der Waals surface area contributed by atoms with Crippen molar-refractivity contribution in [3.05, 3.63) is 12.2 Å². The van der Waals surface area contributed by atoms with Gasteiger partial charge in [-0.05, 0) is 5.92 Å². The van der Waals surface area contributed by atoms with Crippen LogP contribution in [0, 0.1) is 12.3 Å². The van der Waals surface area contributed by atoms with Gasteiger partial charge in [-0.3, -0.25) is 4.79 Å². The molecule has 1 aliphatic rings. The topological polar surface area (TPSA) is 51.0 Å². The van der Waals surface area contributed by atoms with Crippen molar-refractivity contribution in [1.29, 1.82) is 0 Å². The van der Waals surface area contributed by atoms with Gasteiger partial charge in [-0.1, -0.05) is 0 Å². The highest BCUT2D eigenvalue weighted by Crippen LogP contribution is 2.07. The van der Waals surface area contributed by atoms with E-state index in [0.29, 0.717) is 19.6 Å². The molecule has 0 saturated carbocycles. The fourth-order valence-corrected chi connectivity index (χ4v) is 1.33. The Kier molecular flexibility index (Phi) is 1.74. The van der Waals surface area contributed by atoms with Gasteiger partial charge in [-0.15, -0.1) is 6.42 Å². The van der Waals surface area contributed by atoms with Gasteiger partial charge in [-0.25, -0.2) is 9.67 Å². The smallest absolute Gasteiger partial charge is 0.298 e. The van der Waals surface area contributed by atoms with Crippen LogP contribution in [0.1, 0.15) is 5.82 Å². The fraction of sp³-hybridized carbons (Fsp3) is 0.375. The highest BCUT2D eigenvalue weighted by atomic mass is 16.2. The van der Waals surface area contributed by atoms with Crippen molar-refractivity contribution in [3.8, 4) is 12.3 Å². The van der Waals surface area contributed by atoms with Crippen molar-refractivity contribution in [2.45, 2.75) is 13.1 Å². The molecule has 0 fully saturated rings. The zero-order valence-electron chi connectivity index (χ0n) is 6.97. The lowest BCUT2D eigenvalue weighted by Crippen LogP contribution is -2.37.